The third kappa shape index (κ3) is 8.93. The van der Waals surface area contributed by atoms with Crippen LogP contribution in [0.1, 0.15) is 12.0 Å². The fraction of sp³-hybridized carbons (Fsp3) is 0.194. The van der Waals surface area contributed by atoms with Gasteiger partial charge in [0.15, 0.2) is 0 Å². The SMILES string of the molecule is O=C(CNc1ccc(OCCOc2ccccc2)cc1)Nc1ccccc1OCCCc1ccccc1. The summed E-state index contributed by atoms with van der Waals surface area (Å²) in [4.78, 5) is 12.5. The first-order valence-electron chi connectivity index (χ1n) is 12.5. The number of amides is 1. The summed E-state index contributed by atoms with van der Waals surface area (Å²) >= 11 is 0. The Morgan fingerprint density at radius 1 is 0.622 bits per heavy atom. The van der Waals surface area contributed by atoms with E-state index in [1.54, 1.807) is 0 Å². The topological polar surface area (TPSA) is 68.8 Å². The fourth-order valence-electron chi connectivity index (χ4n) is 3.68. The van der Waals surface area contributed by atoms with E-state index in [2.05, 4.69) is 22.8 Å². The van der Waals surface area contributed by atoms with Crippen molar-refractivity contribution in [3.05, 3.63) is 115 Å². The second-order valence-electron chi connectivity index (χ2n) is 8.37. The van der Waals surface area contributed by atoms with Crippen LogP contribution in [0.25, 0.3) is 0 Å². The summed E-state index contributed by atoms with van der Waals surface area (Å²) in [6.45, 7) is 1.61. The summed E-state index contributed by atoms with van der Waals surface area (Å²) in [7, 11) is 0. The van der Waals surface area contributed by atoms with Crippen molar-refractivity contribution in [3.63, 3.8) is 0 Å². The lowest BCUT2D eigenvalue weighted by Crippen LogP contribution is -2.22. The van der Waals surface area contributed by atoms with E-state index in [4.69, 9.17) is 14.2 Å². The molecule has 0 aliphatic heterocycles. The molecule has 0 fully saturated rings. The van der Waals surface area contributed by atoms with Crippen LogP contribution in [0.4, 0.5) is 11.4 Å². The van der Waals surface area contributed by atoms with Gasteiger partial charge in [-0.25, -0.2) is 0 Å². The van der Waals surface area contributed by atoms with Gasteiger partial charge in [-0.2, -0.15) is 0 Å². The Bertz CT molecular complexity index is 1210. The number of anilines is 2. The minimum absolute atomic E-state index is 0.132. The number of carbonyl (C=O) groups excluding carboxylic acids is 1. The first-order chi connectivity index (χ1) is 18.3. The normalized spacial score (nSPS) is 10.4. The van der Waals surface area contributed by atoms with Crippen molar-refractivity contribution in [1.82, 2.24) is 0 Å². The van der Waals surface area contributed by atoms with E-state index in [0.29, 0.717) is 31.3 Å². The van der Waals surface area contributed by atoms with E-state index >= 15 is 0 Å². The molecule has 4 aromatic carbocycles. The average Bonchev–Trinajstić information content (AvgIpc) is 2.95. The standard InChI is InChI=1S/C31H32N2O4/c34-31(33-29-15-7-8-16-30(29)37-21-9-12-25-10-3-1-4-11-25)24-32-26-17-19-28(20-18-26)36-23-22-35-27-13-5-2-6-14-27/h1-8,10-11,13-20,32H,9,12,21-24H2,(H,33,34). The molecule has 0 unspecified atom stereocenters. The second kappa shape index (κ2) is 14.2. The number of benzene rings is 4. The Kier molecular flexibility index (Phi) is 9.83. The van der Waals surface area contributed by atoms with Gasteiger partial charge < -0.3 is 24.8 Å². The van der Waals surface area contributed by atoms with E-state index in [9.17, 15) is 4.79 Å². The van der Waals surface area contributed by atoms with Gasteiger partial charge in [-0.3, -0.25) is 4.79 Å². The molecule has 190 valence electrons. The summed E-state index contributed by atoms with van der Waals surface area (Å²) in [5.41, 5.74) is 2.78. The van der Waals surface area contributed by atoms with Crippen LogP contribution in [0.15, 0.2) is 109 Å². The molecule has 0 bridgehead atoms. The number of rotatable bonds is 14. The molecular formula is C31H32N2O4. The maximum absolute atomic E-state index is 12.5. The minimum atomic E-state index is -0.154. The molecule has 0 aromatic heterocycles. The first-order valence-corrected chi connectivity index (χ1v) is 12.5. The smallest absolute Gasteiger partial charge is 0.243 e. The van der Waals surface area contributed by atoms with E-state index in [-0.39, 0.29) is 12.5 Å². The molecule has 1 amide bonds. The van der Waals surface area contributed by atoms with Crippen molar-refractivity contribution in [2.45, 2.75) is 12.8 Å². The molecule has 0 radical (unpaired) electrons. The lowest BCUT2D eigenvalue weighted by atomic mass is 10.1. The molecule has 0 saturated carbocycles. The van der Waals surface area contributed by atoms with E-state index in [0.717, 1.165) is 30.0 Å². The summed E-state index contributed by atoms with van der Waals surface area (Å²) in [5.74, 6) is 2.08. The van der Waals surface area contributed by atoms with E-state index in [1.807, 2.05) is 97.1 Å². The quantitative estimate of drug-likeness (QED) is 0.203. The number of hydrogen-bond donors (Lipinski definition) is 2. The highest BCUT2D eigenvalue weighted by Gasteiger charge is 2.08. The van der Waals surface area contributed by atoms with Gasteiger partial charge in [0.05, 0.1) is 18.8 Å². The average molecular weight is 497 g/mol. The van der Waals surface area contributed by atoms with Crippen molar-refractivity contribution >= 4 is 17.3 Å². The fourth-order valence-corrected chi connectivity index (χ4v) is 3.68. The van der Waals surface area contributed by atoms with Crippen LogP contribution in [0.3, 0.4) is 0 Å². The maximum atomic E-state index is 12.5. The molecule has 6 nitrogen and oxygen atoms in total. The van der Waals surface area contributed by atoms with Crippen molar-refractivity contribution < 1.29 is 19.0 Å². The summed E-state index contributed by atoms with van der Waals surface area (Å²) in [6, 6.07) is 35.0. The maximum Gasteiger partial charge on any atom is 0.243 e. The van der Waals surface area contributed by atoms with Crippen LogP contribution < -0.4 is 24.8 Å². The minimum Gasteiger partial charge on any atom is -0.491 e. The Labute approximate surface area is 218 Å². The molecule has 0 aliphatic rings. The lowest BCUT2D eigenvalue weighted by molar-refractivity contribution is -0.114. The summed E-state index contributed by atoms with van der Waals surface area (Å²) < 4.78 is 17.3. The largest absolute Gasteiger partial charge is 0.491 e. The number of aryl methyl sites for hydroxylation is 1. The van der Waals surface area contributed by atoms with Crippen molar-refractivity contribution in [3.8, 4) is 17.2 Å². The third-order valence-electron chi connectivity index (χ3n) is 5.54. The monoisotopic (exact) mass is 496 g/mol. The van der Waals surface area contributed by atoms with Gasteiger partial charge in [-0.1, -0.05) is 60.7 Å². The van der Waals surface area contributed by atoms with Gasteiger partial charge >= 0.3 is 0 Å². The Hall–Kier alpha value is -4.45. The van der Waals surface area contributed by atoms with Crippen LogP contribution in [-0.4, -0.2) is 32.3 Å². The number of para-hydroxylation sites is 3. The highest BCUT2D eigenvalue weighted by atomic mass is 16.5. The van der Waals surface area contributed by atoms with E-state index < -0.39 is 0 Å². The van der Waals surface area contributed by atoms with Crippen molar-refractivity contribution in [2.75, 3.05) is 37.0 Å². The van der Waals surface area contributed by atoms with Crippen LogP contribution in [0.5, 0.6) is 17.2 Å². The zero-order chi connectivity index (χ0) is 25.5. The van der Waals surface area contributed by atoms with Crippen molar-refractivity contribution in [2.24, 2.45) is 0 Å². The molecule has 0 atom stereocenters. The molecule has 4 rings (SSSR count). The molecule has 4 aromatic rings. The molecule has 0 aliphatic carbocycles. The van der Waals surface area contributed by atoms with Gasteiger partial charge in [-0.15, -0.1) is 0 Å². The van der Waals surface area contributed by atoms with Gasteiger partial charge in [0.25, 0.3) is 0 Å². The van der Waals surface area contributed by atoms with Gasteiger partial charge in [0, 0.05) is 5.69 Å². The predicted octanol–water partition coefficient (Wildman–Crippen LogP) is 6.21. The van der Waals surface area contributed by atoms with Gasteiger partial charge in [-0.05, 0) is 66.9 Å². The second-order valence-corrected chi connectivity index (χ2v) is 8.37. The number of ether oxygens (including phenoxy) is 3. The molecule has 6 heteroatoms. The molecule has 2 N–H and O–H groups in total. The molecule has 0 saturated heterocycles. The highest BCUT2D eigenvalue weighted by molar-refractivity contribution is 5.95. The van der Waals surface area contributed by atoms with Crippen LogP contribution >= 0.6 is 0 Å². The summed E-state index contributed by atoms with van der Waals surface area (Å²) in [5, 5.41) is 6.07. The Balaban J connectivity index is 1.16. The van der Waals surface area contributed by atoms with Crippen LogP contribution in [-0.2, 0) is 11.2 Å². The molecule has 0 spiro atoms. The van der Waals surface area contributed by atoms with Crippen LogP contribution in [0, 0.1) is 0 Å². The Morgan fingerprint density at radius 2 is 1.24 bits per heavy atom. The lowest BCUT2D eigenvalue weighted by Gasteiger charge is -2.13. The zero-order valence-corrected chi connectivity index (χ0v) is 20.8. The molecule has 37 heavy (non-hydrogen) atoms. The number of hydrogen-bond acceptors (Lipinski definition) is 5. The predicted molar refractivity (Wildman–Crippen MR) is 148 cm³/mol. The molecular weight excluding hydrogens is 464 g/mol. The summed E-state index contributed by atoms with van der Waals surface area (Å²) in [6.07, 6.45) is 1.85. The van der Waals surface area contributed by atoms with Gasteiger partial charge in [0.2, 0.25) is 5.91 Å². The highest BCUT2D eigenvalue weighted by Crippen LogP contribution is 2.24. The van der Waals surface area contributed by atoms with Gasteiger partial charge in [0.1, 0.15) is 30.5 Å². The first kappa shape index (κ1) is 25.6. The number of nitrogens with one attached hydrogen (secondary N) is 2. The van der Waals surface area contributed by atoms with E-state index in [1.165, 1.54) is 5.56 Å². The van der Waals surface area contributed by atoms with Crippen LogP contribution in [0.2, 0.25) is 0 Å². The zero-order valence-electron chi connectivity index (χ0n) is 20.8. The third-order valence-corrected chi connectivity index (χ3v) is 5.54. The van der Waals surface area contributed by atoms with Crippen molar-refractivity contribution in [1.29, 1.82) is 0 Å². The number of carbonyl (C=O) groups is 1. The molecule has 0 heterocycles. The Morgan fingerprint density at radius 3 is 1.97 bits per heavy atom.